The zero-order valence-electron chi connectivity index (χ0n) is 10.5. The predicted octanol–water partition coefficient (Wildman–Crippen LogP) is 2.00. The summed E-state index contributed by atoms with van der Waals surface area (Å²) in [7, 11) is 0. The second kappa shape index (κ2) is 5.05. The normalized spacial score (nSPS) is 16.7. The molecule has 5 nitrogen and oxygen atoms in total. The molecule has 3 heterocycles. The summed E-state index contributed by atoms with van der Waals surface area (Å²) in [5.74, 6) is 0.691. The highest BCUT2D eigenvalue weighted by atomic mass is 32.1. The first kappa shape index (κ1) is 12.2. The van der Waals surface area contributed by atoms with Crippen LogP contribution in [0.4, 0.5) is 5.82 Å². The molecule has 1 aliphatic rings. The van der Waals surface area contributed by atoms with Crippen molar-refractivity contribution in [2.75, 3.05) is 18.8 Å². The molecule has 0 spiro atoms. The monoisotopic (exact) mass is 276 g/mol. The molecule has 3 rings (SSSR count). The Bertz CT molecular complexity index is 555. The number of amides is 1. The number of aromatic nitrogens is 2. The topological polar surface area (TPSA) is 64.2 Å². The number of thiophene rings is 1. The molecule has 100 valence electrons. The van der Waals surface area contributed by atoms with Crippen LogP contribution in [0, 0.1) is 0 Å². The Morgan fingerprint density at radius 3 is 2.74 bits per heavy atom. The van der Waals surface area contributed by atoms with Crippen molar-refractivity contribution in [3.8, 4) is 0 Å². The van der Waals surface area contributed by atoms with E-state index >= 15 is 0 Å². The van der Waals surface area contributed by atoms with Crippen molar-refractivity contribution in [2.24, 2.45) is 0 Å². The van der Waals surface area contributed by atoms with Crippen molar-refractivity contribution < 1.29 is 4.79 Å². The van der Waals surface area contributed by atoms with Crippen molar-refractivity contribution in [2.45, 2.75) is 18.9 Å². The minimum atomic E-state index is 0.139. The van der Waals surface area contributed by atoms with Crippen LogP contribution < -0.4 is 5.73 Å². The lowest BCUT2D eigenvalue weighted by Gasteiger charge is -2.31. The van der Waals surface area contributed by atoms with Gasteiger partial charge in [-0.3, -0.25) is 9.48 Å². The van der Waals surface area contributed by atoms with Gasteiger partial charge in [0.1, 0.15) is 5.82 Å². The van der Waals surface area contributed by atoms with Crippen LogP contribution in [0.5, 0.6) is 0 Å². The van der Waals surface area contributed by atoms with Gasteiger partial charge in [0.25, 0.3) is 5.91 Å². The van der Waals surface area contributed by atoms with E-state index in [1.54, 1.807) is 11.3 Å². The summed E-state index contributed by atoms with van der Waals surface area (Å²) in [6, 6.07) is 4.04. The Kier molecular flexibility index (Phi) is 3.25. The molecule has 1 aliphatic heterocycles. The molecule has 0 unspecified atom stereocenters. The number of likely N-dealkylation sites (tertiary alicyclic amines) is 1. The standard InChI is InChI=1S/C13H16N4OS/c14-12-3-7-17(15-12)11-1-5-16(6-2-11)13(18)10-4-8-19-9-10/h3-4,7-9,11H,1-2,5-6H2,(H2,14,15). The van der Waals surface area contributed by atoms with Gasteiger partial charge in [-0.2, -0.15) is 16.4 Å². The van der Waals surface area contributed by atoms with Crippen molar-refractivity contribution in [1.29, 1.82) is 0 Å². The summed E-state index contributed by atoms with van der Waals surface area (Å²) in [6.45, 7) is 1.55. The van der Waals surface area contributed by atoms with Gasteiger partial charge in [-0.1, -0.05) is 0 Å². The molecule has 0 radical (unpaired) electrons. The molecule has 2 aromatic rings. The Morgan fingerprint density at radius 2 is 2.16 bits per heavy atom. The van der Waals surface area contributed by atoms with Gasteiger partial charge in [0, 0.05) is 24.7 Å². The average Bonchev–Trinajstić information content (AvgIpc) is 3.09. The SMILES string of the molecule is Nc1ccn(C2CCN(C(=O)c3ccsc3)CC2)n1. The largest absolute Gasteiger partial charge is 0.382 e. The Balaban J connectivity index is 1.62. The third-order valence-electron chi connectivity index (χ3n) is 3.52. The lowest BCUT2D eigenvalue weighted by molar-refractivity contribution is 0.0690. The number of nitrogens with two attached hydrogens (primary N) is 1. The van der Waals surface area contributed by atoms with E-state index in [9.17, 15) is 4.79 Å². The predicted molar refractivity (Wildman–Crippen MR) is 75.1 cm³/mol. The highest BCUT2D eigenvalue weighted by molar-refractivity contribution is 7.08. The first-order chi connectivity index (χ1) is 9.24. The van der Waals surface area contributed by atoms with Crippen molar-refractivity contribution >= 4 is 23.1 Å². The molecular formula is C13H16N4OS. The van der Waals surface area contributed by atoms with Crippen LogP contribution in [0.25, 0.3) is 0 Å². The van der Waals surface area contributed by atoms with E-state index in [4.69, 9.17) is 5.73 Å². The Morgan fingerprint density at radius 1 is 1.37 bits per heavy atom. The Hall–Kier alpha value is -1.82. The van der Waals surface area contributed by atoms with E-state index in [1.807, 2.05) is 38.7 Å². The van der Waals surface area contributed by atoms with Gasteiger partial charge in [-0.15, -0.1) is 0 Å². The maximum atomic E-state index is 12.2. The van der Waals surface area contributed by atoms with E-state index in [0.717, 1.165) is 31.5 Å². The molecule has 1 saturated heterocycles. The summed E-state index contributed by atoms with van der Waals surface area (Å²) in [5, 5.41) is 8.09. The van der Waals surface area contributed by atoms with E-state index < -0.39 is 0 Å². The Labute approximate surface area is 115 Å². The van der Waals surface area contributed by atoms with Gasteiger partial charge in [-0.25, -0.2) is 0 Å². The lowest BCUT2D eigenvalue weighted by atomic mass is 10.0. The van der Waals surface area contributed by atoms with Crippen LogP contribution >= 0.6 is 11.3 Å². The maximum Gasteiger partial charge on any atom is 0.254 e. The van der Waals surface area contributed by atoms with Gasteiger partial charge in [0.05, 0.1) is 11.6 Å². The summed E-state index contributed by atoms with van der Waals surface area (Å²) in [6.07, 6.45) is 3.77. The van der Waals surface area contributed by atoms with E-state index in [1.165, 1.54) is 0 Å². The molecule has 6 heteroatoms. The third kappa shape index (κ3) is 2.49. The molecule has 2 N–H and O–H groups in total. The number of nitrogens with zero attached hydrogens (tertiary/aromatic N) is 3. The second-order valence-corrected chi connectivity index (χ2v) is 5.54. The number of hydrogen-bond acceptors (Lipinski definition) is 4. The zero-order chi connectivity index (χ0) is 13.2. The average molecular weight is 276 g/mol. The minimum absolute atomic E-state index is 0.139. The summed E-state index contributed by atoms with van der Waals surface area (Å²) in [5.41, 5.74) is 6.43. The fourth-order valence-corrected chi connectivity index (χ4v) is 3.09. The smallest absolute Gasteiger partial charge is 0.254 e. The molecule has 1 fully saturated rings. The van der Waals surface area contributed by atoms with E-state index in [-0.39, 0.29) is 5.91 Å². The highest BCUT2D eigenvalue weighted by Gasteiger charge is 2.25. The van der Waals surface area contributed by atoms with Crippen LogP contribution in [-0.4, -0.2) is 33.7 Å². The van der Waals surface area contributed by atoms with E-state index in [0.29, 0.717) is 11.9 Å². The first-order valence-electron chi connectivity index (χ1n) is 6.36. The fourth-order valence-electron chi connectivity index (χ4n) is 2.46. The van der Waals surface area contributed by atoms with Gasteiger partial charge in [0.15, 0.2) is 0 Å². The van der Waals surface area contributed by atoms with Crippen LogP contribution in [0.3, 0.4) is 0 Å². The summed E-state index contributed by atoms with van der Waals surface area (Å²) < 4.78 is 1.92. The van der Waals surface area contributed by atoms with Gasteiger partial charge >= 0.3 is 0 Å². The summed E-state index contributed by atoms with van der Waals surface area (Å²) in [4.78, 5) is 14.1. The van der Waals surface area contributed by atoms with Crippen LogP contribution in [0.1, 0.15) is 29.2 Å². The molecule has 2 aromatic heterocycles. The number of anilines is 1. The molecule has 0 aromatic carbocycles. The molecule has 19 heavy (non-hydrogen) atoms. The fraction of sp³-hybridized carbons (Fsp3) is 0.385. The van der Waals surface area contributed by atoms with Crippen molar-refractivity contribution in [3.05, 3.63) is 34.7 Å². The number of carbonyl (C=O) groups excluding carboxylic acids is 1. The number of piperidine rings is 1. The van der Waals surface area contributed by atoms with Crippen molar-refractivity contribution in [1.82, 2.24) is 14.7 Å². The van der Waals surface area contributed by atoms with Crippen LogP contribution in [0.2, 0.25) is 0 Å². The number of hydrogen-bond donors (Lipinski definition) is 1. The quantitative estimate of drug-likeness (QED) is 0.912. The minimum Gasteiger partial charge on any atom is -0.382 e. The highest BCUT2D eigenvalue weighted by Crippen LogP contribution is 2.23. The number of nitrogen functional groups attached to an aromatic ring is 1. The van der Waals surface area contributed by atoms with Crippen LogP contribution in [0.15, 0.2) is 29.1 Å². The first-order valence-corrected chi connectivity index (χ1v) is 7.30. The van der Waals surface area contributed by atoms with E-state index in [2.05, 4.69) is 5.10 Å². The van der Waals surface area contributed by atoms with Crippen molar-refractivity contribution in [3.63, 3.8) is 0 Å². The zero-order valence-corrected chi connectivity index (χ0v) is 11.3. The van der Waals surface area contributed by atoms with Gasteiger partial charge in [-0.05, 0) is 30.4 Å². The third-order valence-corrected chi connectivity index (χ3v) is 4.21. The van der Waals surface area contributed by atoms with Gasteiger partial charge < -0.3 is 10.6 Å². The van der Waals surface area contributed by atoms with Crippen LogP contribution in [-0.2, 0) is 0 Å². The second-order valence-electron chi connectivity index (χ2n) is 4.76. The lowest BCUT2D eigenvalue weighted by Crippen LogP contribution is -2.39. The number of rotatable bonds is 2. The molecule has 0 saturated carbocycles. The molecule has 0 bridgehead atoms. The van der Waals surface area contributed by atoms with Gasteiger partial charge in [0.2, 0.25) is 0 Å². The molecule has 0 atom stereocenters. The molecule has 0 aliphatic carbocycles. The maximum absolute atomic E-state index is 12.2. The number of carbonyl (C=O) groups is 1. The summed E-state index contributed by atoms with van der Waals surface area (Å²) >= 11 is 1.56. The molecule has 1 amide bonds. The molecular weight excluding hydrogens is 260 g/mol.